The van der Waals surface area contributed by atoms with Crippen LogP contribution in [0.5, 0.6) is 0 Å². The summed E-state index contributed by atoms with van der Waals surface area (Å²) in [6.45, 7) is 2.47. The maximum atomic E-state index is 12.4. The molecule has 0 N–H and O–H groups in total. The molecule has 0 atom stereocenters. The van der Waals surface area contributed by atoms with Crippen LogP contribution in [0.2, 0.25) is 0 Å². The van der Waals surface area contributed by atoms with Crippen LogP contribution in [0.4, 0.5) is 13.2 Å². The Morgan fingerprint density at radius 1 is 1.25 bits per heavy atom. The summed E-state index contributed by atoms with van der Waals surface area (Å²) in [5.41, 5.74) is 2.80. The molecule has 0 bridgehead atoms. The van der Waals surface area contributed by atoms with Crippen molar-refractivity contribution >= 4 is 17.5 Å². The van der Waals surface area contributed by atoms with Crippen molar-refractivity contribution in [1.29, 1.82) is 0 Å². The molecule has 1 aromatic rings. The summed E-state index contributed by atoms with van der Waals surface area (Å²) in [5, 5.41) is 0. The smallest absolute Gasteiger partial charge is 0.332 e. The normalized spacial score (nSPS) is 11.5. The molecule has 1 amide bonds. The Bertz CT molecular complexity index is 474. The lowest BCUT2D eigenvalue weighted by molar-refractivity contribution is -0.160. The molecule has 2 nitrogen and oxygen atoms in total. The average Bonchev–Trinajstić information content (AvgIpc) is 2.31. The van der Waals surface area contributed by atoms with Crippen molar-refractivity contribution in [2.45, 2.75) is 26.4 Å². The molecule has 0 unspecified atom stereocenters. The summed E-state index contributed by atoms with van der Waals surface area (Å²) in [7, 11) is 0. The molecule has 0 fully saturated rings. The van der Waals surface area contributed by atoms with E-state index in [1.807, 2.05) is 26.0 Å². The van der Waals surface area contributed by atoms with Crippen molar-refractivity contribution in [1.82, 2.24) is 4.90 Å². The number of rotatable bonds is 5. The lowest BCUT2D eigenvalue weighted by Crippen LogP contribution is -2.40. The molecule has 1 aromatic carbocycles. The van der Waals surface area contributed by atoms with Crippen LogP contribution in [0.15, 0.2) is 18.2 Å². The second-order valence-corrected chi connectivity index (χ2v) is 5.09. The molecule has 0 saturated heterocycles. The molecular formula is C14H17ClF3NO. The van der Waals surface area contributed by atoms with Crippen molar-refractivity contribution < 1.29 is 18.0 Å². The topological polar surface area (TPSA) is 20.3 Å². The highest BCUT2D eigenvalue weighted by Gasteiger charge is 2.32. The number of alkyl halides is 4. The molecule has 6 heteroatoms. The fourth-order valence-corrected chi connectivity index (χ4v) is 2.01. The standard InChI is InChI=1S/C14H17ClF3NO/c1-10-3-4-12(7-11(10)2)8-13(20)19(6-5-15)9-14(16,17)18/h3-4,7H,5-6,8-9H2,1-2H3. The van der Waals surface area contributed by atoms with Gasteiger partial charge in [0.25, 0.3) is 0 Å². The average molecular weight is 308 g/mol. The Balaban J connectivity index is 2.77. The van der Waals surface area contributed by atoms with Gasteiger partial charge in [0.1, 0.15) is 6.54 Å². The van der Waals surface area contributed by atoms with Gasteiger partial charge in [-0.1, -0.05) is 18.2 Å². The van der Waals surface area contributed by atoms with Gasteiger partial charge < -0.3 is 4.90 Å². The zero-order chi connectivity index (χ0) is 15.3. The summed E-state index contributed by atoms with van der Waals surface area (Å²) in [6, 6.07) is 5.43. The molecule has 0 aromatic heterocycles. The summed E-state index contributed by atoms with van der Waals surface area (Å²) in [4.78, 5) is 12.7. The van der Waals surface area contributed by atoms with Gasteiger partial charge in [-0.05, 0) is 30.5 Å². The number of carbonyl (C=O) groups is 1. The van der Waals surface area contributed by atoms with Crippen molar-refractivity contribution in [3.8, 4) is 0 Å². The third-order valence-electron chi connectivity index (χ3n) is 3.00. The van der Waals surface area contributed by atoms with E-state index >= 15 is 0 Å². The highest BCUT2D eigenvalue weighted by Crippen LogP contribution is 2.18. The number of nitrogens with zero attached hydrogens (tertiary/aromatic N) is 1. The van der Waals surface area contributed by atoms with E-state index in [4.69, 9.17) is 11.6 Å². The minimum atomic E-state index is -4.41. The number of benzene rings is 1. The number of halogens is 4. The Labute approximate surface area is 121 Å². The minimum Gasteiger partial charge on any atom is -0.332 e. The van der Waals surface area contributed by atoms with Crippen LogP contribution >= 0.6 is 11.6 Å². The largest absolute Gasteiger partial charge is 0.406 e. The molecule has 1 rings (SSSR count). The van der Waals surface area contributed by atoms with Gasteiger partial charge in [-0.15, -0.1) is 11.6 Å². The SMILES string of the molecule is Cc1ccc(CC(=O)N(CCCl)CC(F)(F)F)cc1C. The fourth-order valence-electron chi connectivity index (χ4n) is 1.81. The first-order valence-electron chi connectivity index (χ1n) is 6.19. The third-order valence-corrected chi connectivity index (χ3v) is 3.17. The Morgan fingerprint density at radius 3 is 2.40 bits per heavy atom. The van der Waals surface area contributed by atoms with Gasteiger partial charge in [0.05, 0.1) is 6.42 Å². The van der Waals surface area contributed by atoms with Gasteiger partial charge in [-0.25, -0.2) is 0 Å². The maximum Gasteiger partial charge on any atom is 0.406 e. The molecular weight excluding hydrogens is 291 g/mol. The maximum absolute atomic E-state index is 12.4. The Morgan fingerprint density at radius 2 is 1.90 bits per heavy atom. The van der Waals surface area contributed by atoms with Crippen molar-refractivity contribution in [2.75, 3.05) is 19.0 Å². The van der Waals surface area contributed by atoms with E-state index in [9.17, 15) is 18.0 Å². The zero-order valence-corrected chi connectivity index (χ0v) is 12.2. The second kappa shape index (κ2) is 6.97. The van der Waals surface area contributed by atoms with E-state index in [-0.39, 0.29) is 18.8 Å². The molecule has 0 spiro atoms. The minimum absolute atomic E-state index is 0.0191. The van der Waals surface area contributed by atoms with E-state index in [1.165, 1.54) is 0 Å². The van der Waals surface area contributed by atoms with Crippen LogP contribution in [0.1, 0.15) is 16.7 Å². The monoisotopic (exact) mass is 307 g/mol. The van der Waals surface area contributed by atoms with E-state index in [2.05, 4.69) is 0 Å². The van der Waals surface area contributed by atoms with E-state index < -0.39 is 18.6 Å². The van der Waals surface area contributed by atoms with Gasteiger partial charge in [-0.2, -0.15) is 13.2 Å². The van der Waals surface area contributed by atoms with Crippen LogP contribution in [0.25, 0.3) is 0 Å². The van der Waals surface area contributed by atoms with Crippen molar-refractivity contribution in [3.63, 3.8) is 0 Å². The first-order valence-corrected chi connectivity index (χ1v) is 6.73. The van der Waals surface area contributed by atoms with Crippen LogP contribution in [-0.2, 0) is 11.2 Å². The third kappa shape index (κ3) is 5.41. The van der Waals surface area contributed by atoms with Crippen LogP contribution < -0.4 is 0 Å². The number of carbonyl (C=O) groups excluding carboxylic acids is 1. The summed E-state index contributed by atoms with van der Waals surface area (Å²) in [6.07, 6.45) is -4.46. The van der Waals surface area contributed by atoms with Crippen molar-refractivity contribution in [3.05, 3.63) is 34.9 Å². The highest BCUT2D eigenvalue weighted by molar-refractivity contribution is 6.18. The number of aryl methyl sites for hydroxylation is 2. The predicted octanol–water partition coefficient (Wildman–Crippen LogP) is 3.48. The molecule has 20 heavy (non-hydrogen) atoms. The lowest BCUT2D eigenvalue weighted by atomic mass is 10.0. The highest BCUT2D eigenvalue weighted by atomic mass is 35.5. The molecule has 0 radical (unpaired) electrons. The second-order valence-electron chi connectivity index (χ2n) is 4.71. The van der Waals surface area contributed by atoms with Gasteiger partial charge in [-0.3, -0.25) is 4.79 Å². The van der Waals surface area contributed by atoms with Crippen LogP contribution in [-0.4, -0.2) is 36.0 Å². The Kier molecular flexibility index (Phi) is 5.87. The molecule has 0 saturated carbocycles. The van der Waals surface area contributed by atoms with Gasteiger partial charge in [0, 0.05) is 12.4 Å². The first kappa shape index (κ1) is 16.8. The summed E-state index contributed by atoms with van der Waals surface area (Å²) >= 11 is 5.46. The summed E-state index contributed by atoms with van der Waals surface area (Å²) in [5.74, 6) is -0.583. The quantitative estimate of drug-likeness (QED) is 0.763. The Hall–Kier alpha value is -1.23. The molecule has 112 valence electrons. The van der Waals surface area contributed by atoms with E-state index in [0.717, 1.165) is 16.0 Å². The van der Waals surface area contributed by atoms with E-state index in [1.54, 1.807) is 6.07 Å². The van der Waals surface area contributed by atoms with Gasteiger partial charge in [0.2, 0.25) is 5.91 Å². The van der Waals surface area contributed by atoms with Crippen molar-refractivity contribution in [2.24, 2.45) is 0 Å². The van der Waals surface area contributed by atoms with Crippen LogP contribution in [0.3, 0.4) is 0 Å². The summed E-state index contributed by atoms with van der Waals surface area (Å²) < 4.78 is 37.2. The molecule has 0 aliphatic heterocycles. The van der Waals surface area contributed by atoms with Crippen LogP contribution in [0, 0.1) is 13.8 Å². The molecule has 0 aliphatic rings. The van der Waals surface area contributed by atoms with Gasteiger partial charge >= 0.3 is 6.18 Å². The molecule has 0 aliphatic carbocycles. The van der Waals surface area contributed by atoms with Gasteiger partial charge in [0.15, 0.2) is 0 Å². The number of hydrogen-bond acceptors (Lipinski definition) is 1. The zero-order valence-electron chi connectivity index (χ0n) is 11.4. The fraction of sp³-hybridized carbons (Fsp3) is 0.500. The lowest BCUT2D eigenvalue weighted by Gasteiger charge is -2.23. The molecule has 0 heterocycles. The first-order chi connectivity index (χ1) is 9.23. The number of amides is 1. The van der Waals surface area contributed by atoms with E-state index in [0.29, 0.717) is 5.56 Å². The predicted molar refractivity (Wildman–Crippen MR) is 73.0 cm³/mol. The number of hydrogen-bond donors (Lipinski definition) is 0.